The highest BCUT2D eigenvalue weighted by molar-refractivity contribution is 14.1. The number of hydrogen-bond acceptors (Lipinski definition) is 9. The van der Waals surface area contributed by atoms with Crippen LogP contribution in [0.3, 0.4) is 0 Å². The molecule has 0 saturated carbocycles. The number of aliphatic hydroxyl groups is 1. The molecule has 1 N–H and O–H groups in total. The predicted octanol–water partition coefficient (Wildman–Crippen LogP) is 6.91. The Bertz CT molecular complexity index is 1650. The van der Waals surface area contributed by atoms with Crippen LogP contribution in [-0.4, -0.2) is 58.9 Å². The van der Waals surface area contributed by atoms with Crippen molar-refractivity contribution in [2.45, 2.75) is 101 Å². The molecule has 6 rings (SSSR count). The van der Waals surface area contributed by atoms with Gasteiger partial charge in [0.1, 0.15) is 10.8 Å². The number of halogens is 1. The molecule has 2 aromatic carbocycles. The highest BCUT2D eigenvalue weighted by Crippen LogP contribution is 2.55. The van der Waals surface area contributed by atoms with Crippen LogP contribution in [0.2, 0.25) is 0 Å². The summed E-state index contributed by atoms with van der Waals surface area (Å²) in [4.78, 5) is 49.1. The molecule has 11 heteroatoms. The van der Waals surface area contributed by atoms with Crippen LogP contribution in [0.15, 0.2) is 45.8 Å². The van der Waals surface area contributed by atoms with E-state index in [1.807, 2.05) is 24.3 Å². The molecule has 2 aromatic rings. The Morgan fingerprint density at radius 1 is 1.06 bits per heavy atom. The summed E-state index contributed by atoms with van der Waals surface area (Å²) in [6.45, 7) is 11.7. The number of fused-ring (bicyclic) bond motifs is 2. The molecule has 0 spiro atoms. The molecule has 0 aromatic heterocycles. The van der Waals surface area contributed by atoms with Crippen LogP contribution in [-0.2, 0) is 30.1 Å². The number of carbonyl (C=O) groups is 3. The van der Waals surface area contributed by atoms with E-state index in [0.717, 1.165) is 45.7 Å². The monoisotopic (exact) mass is 771 g/mol. The highest BCUT2D eigenvalue weighted by atomic mass is 127. The molecule has 1 unspecified atom stereocenters. The summed E-state index contributed by atoms with van der Waals surface area (Å²) in [7, 11) is 0. The second kappa shape index (κ2) is 13.5. The number of amides is 2. The summed E-state index contributed by atoms with van der Waals surface area (Å²) < 4.78 is 7.56. The van der Waals surface area contributed by atoms with E-state index in [4.69, 9.17) is 14.6 Å². The van der Waals surface area contributed by atoms with Gasteiger partial charge < -0.3 is 19.6 Å². The Balaban J connectivity index is 1.24. The fraction of sp³-hybridized carbons (Fsp3) is 0.500. The molecule has 4 aliphatic rings. The first-order valence-electron chi connectivity index (χ1n) is 16.4. The summed E-state index contributed by atoms with van der Waals surface area (Å²) in [5.74, 6) is -0.769. The van der Waals surface area contributed by atoms with Gasteiger partial charge in [0.2, 0.25) is 6.29 Å². The van der Waals surface area contributed by atoms with E-state index in [9.17, 15) is 19.5 Å². The van der Waals surface area contributed by atoms with Crippen molar-refractivity contribution in [3.8, 4) is 5.75 Å². The van der Waals surface area contributed by atoms with Crippen LogP contribution in [0.4, 0.5) is 5.69 Å². The highest BCUT2D eigenvalue weighted by Gasteiger charge is 2.44. The van der Waals surface area contributed by atoms with Crippen LogP contribution in [0.1, 0.15) is 95.8 Å². The van der Waals surface area contributed by atoms with E-state index in [-0.39, 0.29) is 30.1 Å². The van der Waals surface area contributed by atoms with Gasteiger partial charge in [0.15, 0.2) is 0 Å². The van der Waals surface area contributed by atoms with Gasteiger partial charge in [-0.3, -0.25) is 14.6 Å². The maximum Gasteiger partial charge on any atom is 0.333 e. The largest absolute Gasteiger partial charge is 0.460 e. The van der Waals surface area contributed by atoms with E-state index in [0.29, 0.717) is 41.5 Å². The van der Waals surface area contributed by atoms with E-state index in [1.165, 1.54) is 28.6 Å². The number of aliphatic hydroxyl groups excluding tert-OH is 1. The van der Waals surface area contributed by atoms with Crippen molar-refractivity contribution >= 4 is 68.9 Å². The molecule has 9 nitrogen and oxygen atoms in total. The molecular weight excluding hydrogens is 729 g/mol. The van der Waals surface area contributed by atoms with Crippen molar-refractivity contribution in [1.82, 2.24) is 5.06 Å². The topological polar surface area (TPSA) is 109 Å². The Morgan fingerprint density at radius 2 is 1.77 bits per heavy atom. The lowest BCUT2D eigenvalue weighted by atomic mass is 9.68. The van der Waals surface area contributed by atoms with Crippen molar-refractivity contribution < 1.29 is 29.1 Å². The second-order valence-electron chi connectivity index (χ2n) is 14.0. The van der Waals surface area contributed by atoms with E-state index in [1.54, 1.807) is 0 Å². The van der Waals surface area contributed by atoms with Crippen molar-refractivity contribution in [2.75, 3.05) is 24.5 Å². The molecule has 4 heterocycles. The molecule has 1 saturated heterocycles. The summed E-state index contributed by atoms with van der Waals surface area (Å²) >= 11 is 3.84. The SMILES string of the molecule is CC1(C)CCN2CCC(C)(C)c3c4c(cc1c32)C=C(C(=NCCCCCC(=O)ON1C(=O)CCC1=O)Sc1ccccc1I)C(O)O4. The van der Waals surface area contributed by atoms with Crippen LogP contribution in [0.5, 0.6) is 5.75 Å². The fourth-order valence-electron chi connectivity index (χ4n) is 6.75. The first-order chi connectivity index (χ1) is 22.4. The third-order valence-corrected chi connectivity index (χ3v) is 12.0. The molecule has 0 bridgehead atoms. The third kappa shape index (κ3) is 6.98. The minimum absolute atomic E-state index is 0.0187. The summed E-state index contributed by atoms with van der Waals surface area (Å²) in [5, 5.41) is 12.9. The van der Waals surface area contributed by atoms with Gasteiger partial charge in [0, 0.05) is 64.2 Å². The summed E-state index contributed by atoms with van der Waals surface area (Å²) in [6, 6.07) is 10.4. The number of nitrogens with zero attached hydrogens (tertiary/aromatic N) is 3. The lowest BCUT2D eigenvalue weighted by Gasteiger charge is -2.49. The number of carbonyl (C=O) groups excluding carboxylic acids is 3. The Hall–Kier alpha value is -2.90. The number of hydroxylamine groups is 2. The van der Waals surface area contributed by atoms with Crippen molar-refractivity contribution in [2.24, 2.45) is 4.99 Å². The van der Waals surface area contributed by atoms with Crippen molar-refractivity contribution in [1.29, 1.82) is 0 Å². The zero-order valence-corrected chi connectivity index (χ0v) is 30.4. The maximum atomic E-state index is 12.2. The minimum Gasteiger partial charge on any atom is -0.460 e. The van der Waals surface area contributed by atoms with Crippen LogP contribution < -0.4 is 9.64 Å². The first kappa shape index (κ1) is 34.0. The average Bonchev–Trinajstić information content (AvgIpc) is 3.33. The smallest absolute Gasteiger partial charge is 0.333 e. The molecule has 2 amide bonds. The van der Waals surface area contributed by atoms with Gasteiger partial charge in [-0.05, 0) is 88.9 Å². The van der Waals surface area contributed by atoms with E-state index < -0.39 is 24.1 Å². The average molecular weight is 772 g/mol. The Kier molecular flexibility index (Phi) is 9.79. The zero-order valence-electron chi connectivity index (χ0n) is 27.4. The molecule has 1 fully saturated rings. The van der Waals surface area contributed by atoms with Gasteiger partial charge in [0.05, 0.1) is 5.57 Å². The van der Waals surface area contributed by atoms with Gasteiger partial charge >= 0.3 is 5.97 Å². The molecule has 250 valence electrons. The molecule has 4 aliphatic heterocycles. The molecule has 47 heavy (non-hydrogen) atoms. The van der Waals surface area contributed by atoms with Gasteiger partial charge in [-0.15, -0.1) is 5.06 Å². The van der Waals surface area contributed by atoms with E-state index >= 15 is 0 Å². The van der Waals surface area contributed by atoms with Crippen LogP contribution >= 0.6 is 34.4 Å². The van der Waals surface area contributed by atoms with Gasteiger partial charge in [0.25, 0.3) is 11.8 Å². The van der Waals surface area contributed by atoms with Crippen molar-refractivity contribution in [3.63, 3.8) is 0 Å². The lowest BCUT2D eigenvalue weighted by Crippen LogP contribution is -2.45. The van der Waals surface area contributed by atoms with Gasteiger partial charge in [-0.1, -0.05) is 58.0 Å². The number of thioether (sulfide) groups is 1. The van der Waals surface area contributed by atoms with Gasteiger partial charge in [-0.25, -0.2) is 4.79 Å². The number of benzene rings is 2. The standard InChI is InChI=1S/C36H42IN3O6S/c1-35(2)15-18-39-19-16-36(3,4)30-31(39)24(35)21-22-20-23(34(44)45-32(22)30)33(47-26-11-8-7-10-25(26)37)38-17-9-5-6-12-29(43)46-40-27(41)13-14-28(40)42/h7-8,10-11,20-21,34,44H,5-6,9,12-19H2,1-4H3. The van der Waals surface area contributed by atoms with Crippen LogP contribution in [0.25, 0.3) is 6.08 Å². The van der Waals surface area contributed by atoms with Crippen molar-refractivity contribution in [3.05, 3.63) is 56.2 Å². The Labute approximate surface area is 294 Å². The minimum atomic E-state index is -1.17. The summed E-state index contributed by atoms with van der Waals surface area (Å²) in [6.07, 6.45) is 5.22. The molecule has 0 radical (unpaired) electrons. The number of hydrogen-bond donors (Lipinski definition) is 1. The number of aliphatic imine (C=N–C) groups is 1. The molecule has 0 aliphatic carbocycles. The Morgan fingerprint density at radius 3 is 2.49 bits per heavy atom. The summed E-state index contributed by atoms with van der Waals surface area (Å²) in [5.41, 5.74) is 5.35. The normalized spacial score (nSPS) is 21.2. The van der Waals surface area contributed by atoms with Gasteiger partial charge in [-0.2, -0.15) is 0 Å². The zero-order chi connectivity index (χ0) is 33.5. The molecular formula is C36H42IN3O6S. The quantitative estimate of drug-likeness (QED) is 0.0732. The first-order valence-corrected chi connectivity index (χ1v) is 18.3. The van der Waals surface area contributed by atoms with Crippen LogP contribution in [0, 0.1) is 3.57 Å². The number of anilines is 1. The number of rotatable bonds is 9. The predicted molar refractivity (Wildman–Crippen MR) is 192 cm³/mol. The third-order valence-electron chi connectivity index (χ3n) is 9.61. The fourth-order valence-corrected chi connectivity index (χ4v) is 8.42. The van der Waals surface area contributed by atoms with E-state index in [2.05, 4.69) is 67.3 Å². The lowest BCUT2D eigenvalue weighted by molar-refractivity contribution is -0.197. The maximum absolute atomic E-state index is 12.2. The number of unbranched alkanes of at least 4 members (excludes halogenated alkanes) is 2. The second-order valence-corrected chi connectivity index (χ2v) is 16.2. The number of ether oxygens (including phenoxy) is 1. The molecule has 1 atom stereocenters. The number of imide groups is 1.